The highest BCUT2D eigenvalue weighted by molar-refractivity contribution is 7.99. The molecule has 0 radical (unpaired) electrons. The van der Waals surface area contributed by atoms with Crippen LogP contribution >= 0.6 is 11.6 Å². The van der Waals surface area contributed by atoms with E-state index in [2.05, 4.69) is 21.6 Å². The van der Waals surface area contributed by atoms with Crippen LogP contribution in [0.15, 0.2) is 48.6 Å². The van der Waals surface area contributed by atoms with Gasteiger partial charge in [-0.05, 0) is 111 Å². The number of halogens is 1. The van der Waals surface area contributed by atoms with Gasteiger partial charge in [0, 0.05) is 41.5 Å². The van der Waals surface area contributed by atoms with Gasteiger partial charge in [0.25, 0.3) is 5.91 Å². The smallest absolute Gasteiger partial charge is 0.325 e. The summed E-state index contributed by atoms with van der Waals surface area (Å²) in [6, 6.07) is 11.4. The molecule has 2 heterocycles. The minimum Gasteiger partial charge on any atom is -0.490 e. The topological polar surface area (TPSA) is 128 Å². The molecule has 10 nitrogen and oxygen atoms in total. The molecular weight excluding hydrogens is 700 g/mol. The molecule has 2 aromatic rings. The summed E-state index contributed by atoms with van der Waals surface area (Å²) >= 11 is 6.44. The van der Waals surface area contributed by atoms with Crippen LogP contribution in [-0.2, 0) is 45.4 Å². The maximum Gasteiger partial charge on any atom is 0.325 e. The van der Waals surface area contributed by atoms with Crippen molar-refractivity contribution in [3.05, 3.63) is 70.3 Å². The fourth-order valence-electron chi connectivity index (χ4n) is 8.36. The number of fused-ring (bicyclic) bond motifs is 4. The molecule has 7 atom stereocenters. The third kappa shape index (κ3) is 7.31. The van der Waals surface area contributed by atoms with Gasteiger partial charge in [-0.3, -0.25) is 14.3 Å². The molecule has 1 amide bonds. The van der Waals surface area contributed by atoms with Crippen LogP contribution in [0.2, 0.25) is 5.02 Å². The standard InChI is InChI=1S/C37H47ClN2O8S2/c1-24-8-6-17-37(46-3,20-34(41)48-50(5,44)45)31-13-10-28(31)21-40-22-36(16-7-9-26-18-29(38)12-14-30(26)36)23-47-33-15-11-27(19-32(33)40)35(42)39-49(4,43)25(24)2/h6,11-12,14-15,17-19,24-25,28,31H,4,7-10,13,16,20-23H2,1-3,5H3,(H,39,42,43)/b17-6+/t24-,25+,28-,31+,36-,37+,49?/m0/s1. The molecular formula is C37H47ClN2O8S2. The van der Waals surface area contributed by atoms with E-state index in [4.69, 9.17) is 25.3 Å². The third-order valence-electron chi connectivity index (χ3n) is 11.4. The zero-order valence-corrected chi connectivity index (χ0v) is 31.5. The van der Waals surface area contributed by atoms with Crippen molar-refractivity contribution in [1.29, 1.82) is 0 Å². The van der Waals surface area contributed by atoms with Gasteiger partial charge in [-0.1, -0.05) is 36.7 Å². The summed E-state index contributed by atoms with van der Waals surface area (Å²) in [5.74, 6) is 2.96. The van der Waals surface area contributed by atoms with E-state index < -0.39 is 42.6 Å². The molecule has 0 aromatic heterocycles. The third-order valence-corrected chi connectivity index (χ3v) is 14.3. The van der Waals surface area contributed by atoms with Crippen LogP contribution in [0.4, 0.5) is 5.69 Å². The fourth-order valence-corrected chi connectivity index (χ4v) is 10.4. The largest absolute Gasteiger partial charge is 0.490 e. The van der Waals surface area contributed by atoms with Gasteiger partial charge < -0.3 is 18.6 Å². The summed E-state index contributed by atoms with van der Waals surface area (Å²) in [6.07, 6.45) is 9.17. The predicted molar refractivity (Wildman–Crippen MR) is 197 cm³/mol. The minimum atomic E-state index is -4.03. The van der Waals surface area contributed by atoms with Gasteiger partial charge in [0.1, 0.15) is 5.75 Å². The number of allylic oxidation sites excluding steroid dienone is 1. The molecule has 2 aliphatic heterocycles. The number of aryl methyl sites for hydroxylation is 1. The van der Waals surface area contributed by atoms with Gasteiger partial charge in [-0.15, -0.1) is 0 Å². The Morgan fingerprint density at radius 2 is 1.98 bits per heavy atom. The van der Waals surface area contributed by atoms with Crippen molar-refractivity contribution in [2.75, 3.05) is 38.0 Å². The molecule has 1 saturated carbocycles. The number of rotatable bonds is 4. The van der Waals surface area contributed by atoms with Crippen molar-refractivity contribution in [2.45, 2.75) is 75.1 Å². The summed E-state index contributed by atoms with van der Waals surface area (Å²) in [5.41, 5.74) is 2.01. The van der Waals surface area contributed by atoms with Crippen LogP contribution < -0.4 is 14.4 Å². The van der Waals surface area contributed by atoms with Crippen molar-refractivity contribution in [2.24, 2.45) is 17.8 Å². The van der Waals surface area contributed by atoms with Crippen molar-refractivity contribution in [1.82, 2.24) is 4.72 Å². The lowest BCUT2D eigenvalue weighted by Crippen LogP contribution is -2.53. The van der Waals surface area contributed by atoms with Gasteiger partial charge in [0.15, 0.2) is 0 Å². The molecule has 2 aliphatic carbocycles. The van der Waals surface area contributed by atoms with Crippen molar-refractivity contribution < 1.29 is 35.9 Å². The summed E-state index contributed by atoms with van der Waals surface area (Å²) in [5, 5.41) is 0.202. The molecule has 272 valence electrons. The Morgan fingerprint density at radius 1 is 1.20 bits per heavy atom. The molecule has 0 saturated heterocycles. The Balaban J connectivity index is 1.46. The molecule has 1 fully saturated rings. The highest BCUT2D eigenvalue weighted by Gasteiger charge is 2.50. The number of nitrogens with one attached hydrogen (secondary N) is 1. The number of carbonyl (C=O) groups is 2. The molecule has 2 bridgehead atoms. The van der Waals surface area contributed by atoms with Gasteiger partial charge in [-0.2, -0.15) is 8.42 Å². The first-order valence-electron chi connectivity index (χ1n) is 17.2. The minimum absolute atomic E-state index is 0.0437. The van der Waals surface area contributed by atoms with Crippen LogP contribution in [0.25, 0.3) is 0 Å². The van der Waals surface area contributed by atoms with E-state index in [1.807, 2.05) is 43.3 Å². The first-order chi connectivity index (χ1) is 23.5. The molecule has 1 spiro atoms. The maximum atomic E-state index is 13.9. The number of methoxy groups -OCH3 is 1. The van der Waals surface area contributed by atoms with E-state index in [0.717, 1.165) is 44.0 Å². The van der Waals surface area contributed by atoms with Crippen LogP contribution in [-0.4, -0.2) is 74.3 Å². The SMILES string of the molecule is C=S1(=O)NC(=O)c2ccc3c(c2)N(C[C@@H]2CC[C@H]2[C@@](CC(=O)OS(C)(=O)=O)(OC)/C=C/C[C@H](C)[C@H]1C)C[C@@]1(CCCc2cc(Cl)ccc21)CO3. The fraction of sp³-hybridized carbons (Fsp3) is 0.541. The van der Waals surface area contributed by atoms with E-state index in [9.17, 15) is 22.2 Å². The van der Waals surface area contributed by atoms with Gasteiger partial charge in [0.2, 0.25) is 0 Å². The van der Waals surface area contributed by atoms with Gasteiger partial charge in [0.05, 0.1) is 40.3 Å². The van der Waals surface area contributed by atoms with Crippen molar-refractivity contribution in [3.8, 4) is 5.75 Å². The molecule has 13 heteroatoms. The van der Waals surface area contributed by atoms with E-state index in [0.29, 0.717) is 42.5 Å². The Morgan fingerprint density at radius 3 is 2.68 bits per heavy atom. The Hall–Kier alpha value is -3.06. The van der Waals surface area contributed by atoms with Crippen molar-refractivity contribution in [3.63, 3.8) is 0 Å². The number of anilines is 1. The second-order valence-electron chi connectivity index (χ2n) is 14.7. The summed E-state index contributed by atoms with van der Waals surface area (Å²) in [4.78, 5) is 29.1. The van der Waals surface area contributed by atoms with Gasteiger partial charge in [-0.25, -0.2) is 4.21 Å². The average Bonchev–Trinajstić information content (AvgIpc) is 3.17. The lowest BCUT2D eigenvalue weighted by atomic mass is 9.63. The van der Waals surface area contributed by atoms with E-state index >= 15 is 0 Å². The normalized spacial score (nSPS) is 33.5. The summed E-state index contributed by atoms with van der Waals surface area (Å²) in [6.45, 7) is 5.34. The molecule has 6 rings (SSSR count). The highest BCUT2D eigenvalue weighted by atomic mass is 35.5. The monoisotopic (exact) mass is 746 g/mol. The zero-order chi connectivity index (χ0) is 36.1. The van der Waals surface area contributed by atoms with Crippen LogP contribution in [0.1, 0.15) is 73.9 Å². The van der Waals surface area contributed by atoms with E-state index in [-0.39, 0.29) is 29.6 Å². The van der Waals surface area contributed by atoms with Crippen LogP contribution in [0.5, 0.6) is 5.75 Å². The van der Waals surface area contributed by atoms with Gasteiger partial charge >= 0.3 is 16.1 Å². The maximum absolute atomic E-state index is 13.9. The molecule has 1 N–H and O–H groups in total. The molecule has 2 aromatic carbocycles. The summed E-state index contributed by atoms with van der Waals surface area (Å²) in [7, 11) is -5.57. The Kier molecular flexibility index (Phi) is 10.1. The molecule has 50 heavy (non-hydrogen) atoms. The number of carbonyl (C=O) groups excluding carboxylic acids is 2. The van der Waals surface area contributed by atoms with E-state index in [1.165, 1.54) is 18.2 Å². The zero-order valence-electron chi connectivity index (χ0n) is 29.1. The Labute approximate surface area is 301 Å². The first kappa shape index (κ1) is 36.7. The second kappa shape index (κ2) is 13.8. The summed E-state index contributed by atoms with van der Waals surface area (Å²) < 4.78 is 58.1. The lowest BCUT2D eigenvalue weighted by Gasteiger charge is -2.50. The number of nitrogens with zero attached hydrogens (tertiary/aromatic N) is 1. The predicted octanol–water partition coefficient (Wildman–Crippen LogP) is 5.46. The number of hydrogen-bond donors (Lipinski definition) is 1. The van der Waals surface area contributed by atoms with Crippen LogP contribution in [0.3, 0.4) is 0 Å². The number of benzene rings is 2. The number of hydrogen-bond acceptors (Lipinski definition) is 9. The first-order valence-corrected chi connectivity index (χ1v) is 21.2. The average molecular weight is 747 g/mol. The quantitative estimate of drug-likeness (QED) is 0.246. The highest BCUT2D eigenvalue weighted by Crippen LogP contribution is 2.50. The van der Waals surface area contributed by atoms with Crippen molar-refractivity contribution >= 4 is 54.9 Å². The van der Waals surface area contributed by atoms with Crippen LogP contribution in [0, 0.1) is 17.8 Å². The van der Waals surface area contributed by atoms with E-state index in [1.54, 1.807) is 13.0 Å². The molecule has 4 aliphatic rings. The number of ether oxygens (including phenoxy) is 2. The second-order valence-corrected chi connectivity index (χ2v) is 19.1. The lowest BCUT2D eigenvalue weighted by molar-refractivity contribution is -0.145. The Bertz CT molecular complexity index is 1920. The molecule has 1 unspecified atom stereocenters. The number of amides is 1.